The average molecular weight is 325 g/mol. The molecule has 1 aliphatic heterocycles. The number of hydrogen-bond donors (Lipinski definition) is 1. The molecule has 0 aromatic heterocycles. The molecular weight excluding hydrogens is 306 g/mol. The fourth-order valence-electron chi connectivity index (χ4n) is 2.61. The molecule has 2 aliphatic rings. The van der Waals surface area contributed by atoms with Gasteiger partial charge >= 0.3 is 0 Å². The molecule has 2 amide bonds. The summed E-state index contributed by atoms with van der Waals surface area (Å²) in [5.41, 5.74) is 0.940. The molecule has 0 saturated heterocycles. The summed E-state index contributed by atoms with van der Waals surface area (Å²) in [6.07, 6.45) is 4.75. The van der Waals surface area contributed by atoms with Crippen molar-refractivity contribution in [3.63, 3.8) is 0 Å². The first-order chi connectivity index (χ1) is 10.5. The Labute approximate surface area is 130 Å². The zero-order chi connectivity index (χ0) is 16.2. The summed E-state index contributed by atoms with van der Waals surface area (Å²) >= 11 is 0. The smallest absolute Gasteiger partial charge is 0.269 e. The van der Waals surface area contributed by atoms with Gasteiger partial charge < -0.3 is 0 Å². The van der Waals surface area contributed by atoms with Crippen molar-refractivity contribution in [2.24, 2.45) is 0 Å². The third-order valence-electron chi connectivity index (χ3n) is 3.84. The Balaban J connectivity index is 0.000000160. The van der Waals surface area contributed by atoms with Crippen molar-refractivity contribution < 1.29 is 22.2 Å². The number of rotatable bonds is 2. The number of imide groups is 1. The van der Waals surface area contributed by atoms with Crippen molar-refractivity contribution in [3.05, 3.63) is 35.4 Å². The molecule has 1 fully saturated rings. The quantitative estimate of drug-likeness (QED) is 0.662. The molecule has 1 saturated carbocycles. The van der Waals surface area contributed by atoms with Gasteiger partial charge in [0.25, 0.3) is 21.9 Å². The summed E-state index contributed by atoms with van der Waals surface area (Å²) in [6, 6.07) is 6.74. The molecule has 1 aromatic rings. The molecule has 120 valence electrons. The van der Waals surface area contributed by atoms with Gasteiger partial charge in [0.15, 0.2) is 0 Å². The van der Waals surface area contributed by atoms with Crippen molar-refractivity contribution >= 4 is 21.9 Å². The van der Waals surface area contributed by atoms with Gasteiger partial charge in [-0.1, -0.05) is 31.4 Å². The van der Waals surface area contributed by atoms with Crippen LogP contribution in [0.15, 0.2) is 24.3 Å². The number of carbonyl (C=O) groups is 2. The molecule has 1 N–H and O–H groups in total. The fraction of sp³-hybridized carbons (Fsp3) is 0.467. The second-order valence-electron chi connectivity index (χ2n) is 5.25. The van der Waals surface area contributed by atoms with Crippen molar-refractivity contribution in [2.45, 2.75) is 37.4 Å². The van der Waals surface area contributed by atoms with Gasteiger partial charge in [0.05, 0.1) is 23.5 Å². The molecule has 0 radical (unpaired) electrons. The summed E-state index contributed by atoms with van der Waals surface area (Å²) in [5.74, 6) is -0.601. The SMILES string of the molecule is COS(=O)(=O)C1CCCCC1.O=C1NC(=O)c2ccccc21. The van der Waals surface area contributed by atoms with Crippen molar-refractivity contribution in [3.8, 4) is 0 Å². The van der Waals surface area contributed by atoms with Crippen LogP contribution < -0.4 is 5.32 Å². The van der Waals surface area contributed by atoms with Crippen LogP contribution in [0.1, 0.15) is 52.8 Å². The van der Waals surface area contributed by atoms with Crippen LogP contribution in [-0.4, -0.2) is 32.6 Å². The standard InChI is InChI=1S/C8H5NO2.C7H14O3S/c10-7-5-3-1-2-4-6(5)8(11)9-7;1-10-11(8,9)7-5-3-2-4-6-7/h1-4H,(H,9,10,11);7H,2-6H2,1H3. The van der Waals surface area contributed by atoms with E-state index in [4.69, 9.17) is 0 Å². The lowest BCUT2D eigenvalue weighted by Crippen LogP contribution is -2.24. The van der Waals surface area contributed by atoms with Crippen LogP contribution in [0.2, 0.25) is 0 Å². The van der Waals surface area contributed by atoms with Crippen molar-refractivity contribution in [1.82, 2.24) is 5.32 Å². The number of carbonyl (C=O) groups excluding carboxylic acids is 2. The summed E-state index contributed by atoms with van der Waals surface area (Å²) in [7, 11) is -1.98. The second-order valence-corrected chi connectivity index (χ2v) is 7.23. The molecule has 7 heteroatoms. The Morgan fingerprint density at radius 2 is 1.50 bits per heavy atom. The van der Waals surface area contributed by atoms with E-state index in [0.29, 0.717) is 11.1 Å². The molecule has 0 unspecified atom stereocenters. The van der Waals surface area contributed by atoms with Gasteiger partial charge in [0.1, 0.15) is 0 Å². The van der Waals surface area contributed by atoms with Crippen LogP contribution in [-0.2, 0) is 14.3 Å². The first kappa shape index (κ1) is 16.6. The maximum atomic E-state index is 11.1. The number of nitrogens with one attached hydrogen (secondary N) is 1. The van der Waals surface area contributed by atoms with E-state index in [9.17, 15) is 18.0 Å². The van der Waals surface area contributed by atoms with Crippen molar-refractivity contribution in [1.29, 1.82) is 0 Å². The van der Waals surface area contributed by atoms with Crippen LogP contribution in [0, 0.1) is 0 Å². The van der Waals surface area contributed by atoms with Gasteiger partial charge in [-0.05, 0) is 25.0 Å². The summed E-state index contributed by atoms with van der Waals surface area (Å²) < 4.78 is 26.7. The van der Waals surface area contributed by atoms with Crippen molar-refractivity contribution in [2.75, 3.05) is 7.11 Å². The largest absolute Gasteiger partial charge is 0.288 e. The highest BCUT2D eigenvalue weighted by Crippen LogP contribution is 2.24. The van der Waals surface area contributed by atoms with Crippen LogP contribution in [0.5, 0.6) is 0 Å². The first-order valence-electron chi connectivity index (χ1n) is 7.20. The summed E-state index contributed by atoms with van der Waals surface area (Å²) in [6.45, 7) is 0. The topological polar surface area (TPSA) is 89.5 Å². The van der Waals surface area contributed by atoms with E-state index in [1.807, 2.05) is 0 Å². The Kier molecular flexibility index (Phi) is 5.31. The van der Waals surface area contributed by atoms with E-state index in [1.165, 1.54) is 7.11 Å². The molecule has 6 nitrogen and oxygen atoms in total. The Morgan fingerprint density at radius 3 is 1.95 bits per heavy atom. The highest BCUT2D eigenvalue weighted by molar-refractivity contribution is 7.87. The molecule has 0 atom stereocenters. The second kappa shape index (κ2) is 7.02. The van der Waals surface area contributed by atoms with Crippen LogP contribution >= 0.6 is 0 Å². The molecule has 0 spiro atoms. The minimum absolute atomic E-state index is 0.235. The summed E-state index contributed by atoms with van der Waals surface area (Å²) in [5, 5.41) is 1.97. The van der Waals surface area contributed by atoms with Crippen LogP contribution in [0.4, 0.5) is 0 Å². The molecule has 3 rings (SSSR count). The van der Waals surface area contributed by atoms with E-state index >= 15 is 0 Å². The third kappa shape index (κ3) is 3.72. The minimum atomic E-state index is -3.22. The maximum absolute atomic E-state index is 11.1. The predicted octanol–water partition coefficient (Wildman–Crippen LogP) is 1.87. The van der Waals surface area contributed by atoms with Gasteiger partial charge in [-0.15, -0.1) is 0 Å². The highest BCUT2D eigenvalue weighted by Gasteiger charge is 2.26. The van der Waals surface area contributed by atoms with Gasteiger partial charge in [-0.25, -0.2) is 0 Å². The zero-order valence-electron chi connectivity index (χ0n) is 12.4. The maximum Gasteiger partial charge on any atom is 0.269 e. The Hall–Kier alpha value is -1.73. The average Bonchev–Trinajstić information content (AvgIpc) is 2.84. The first-order valence-corrected chi connectivity index (χ1v) is 8.67. The normalized spacial score (nSPS) is 18.2. The molecule has 1 aliphatic carbocycles. The van der Waals surface area contributed by atoms with Gasteiger partial charge in [-0.3, -0.25) is 19.1 Å². The van der Waals surface area contributed by atoms with E-state index in [-0.39, 0.29) is 17.1 Å². The number of hydrogen-bond acceptors (Lipinski definition) is 5. The third-order valence-corrected chi connectivity index (χ3v) is 5.59. The highest BCUT2D eigenvalue weighted by atomic mass is 32.2. The Bertz CT molecular complexity index is 629. The predicted molar refractivity (Wildman–Crippen MR) is 81.0 cm³/mol. The van der Waals surface area contributed by atoms with Crippen LogP contribution in [0.3, 0.4) is 0 Å². The lowest BCUT2D eigenvalue weighted by molar-refractivity contribution is 0.0879. The number of benzene rings is 1. The number of fused-ring (bicyclic) bond motifs is 1. The monoisotopic (exact) mass is 325 g/mol. The number of amides is 2. The molecule has 22 heavy (non-hydrogen) atoms. The van der Waals surface area contributed by atoms with Gasteiger partial charge in [-0.2, -0.15) is 8.42 Å². The van der Waals surface area contributed by atoms with E-state index in [0.717, 1.165) is 32.1 Å². The van der Waals surface area contributed by atoms with Crippen LogP contribution in [0.25, 0.3) is 0 Å². The van der Waals surface area contributed by atoms with Gasteiger partial charge in [0.2, 0.25) is 0 Å². The van der Waals surface area contributed by atoms with E-state index in [1.54, 1.807) is 24.3 Å². The van der Waals surface area contributed by atoms with Gasteiger partial charge in [0, 0.05) is 0 Å². The van der Waals surface area contributed by atoms with E-state index < -0.39 is 10.1 Å². The lowest BCUT2D eigenvalue weighted by Gasteiger charge is -2.19. The summed E-state index contributed by atoms with van der Waals surface area (Å²) in [4.78, 5) is 21.9. The Morgan fingerprint density at radius 1 is 1.00 bits per heavy atom. The minimum Gasteiger partial charge on any atom is -0.288 e. The molecule has 0 bridgehead atoms. The lowest BCUT2D eigenvalue weighted by atomic mass is 10.0. The molecule has 1 heterocycles. The molecular formula is C15H19NO5S. The fourth-order valence-corrected chi connectivity index (χ4v) is 3.79. The molecule has 1 aromatic carbocycles. The zero-order valence-corrected chi connectivity index (χ0v) is 13.2. The van der Waals surface area contributed by atoms with E-state index in [2.05, 4.69) is 9.50 Å².